The van der Waals surface area contributed by atoms with Crippen LogP contribution in [0.1, 0.15) is 33.6 Å². The first kappa shape index (κ1) is 23.7. The van der Waals surface area contributed by atoms with Crippen molar-refractivity contribution in [3.63, 3.8) is 0 Å². The normalized spacial score (nSPS) is 13.8. The van der Waals surface area contributed by atoms with Crippen molar-refractivity contribution in [2.45, 2.75) is 33.6 Å². The third kappa shape index (κ3) is 10.3. The summed E-state index contributed by atoms with van der Waals surface area (Å²) in [5.41, 5.74) is 2.11. The zero-order chi connectivity index (χ0) is 19.2. The highest BCUT2D eigenvalue weighted by Gasteiger charge is 2.18. The number of amides is 1. The van der Waals surface area contributed by atoms with Gasteiger partial charge >= 0.3 is 5.97 Å². The van der Waals surface area contributed by atoms with Crippen LogP contribution in [-0.2, 0) is 14.3 Å². The van der Waals surface area contributed by atoms with Crippen LogP contribution in [0.4, 0.5) is 0 Å². The quantitative estimate of drug-likeness (QED) is 0.233. The fraction of sp³-hybridized carbons (Fsp3) is 0.611. The predicted octanol–water partition coefficient (Wildman–Crippen LogP) is 3.80. The molecule has 0 saturated carbocycles. The summed E-state index contributed by atoms with van der Waals surface area (Å²) in [5, 5.41) is 0. The highest BCUT2D eigenvalue weighted by Crippen LogP contribution is 2.16. The SMILES string of the molecule is CCC(=CC=C(C)N(CCCl)CCCl)CC(C=NC(C)=O)C(=O)OC. The molecule has 0 rings (SSSR count). The fourth-order valence-corrected chi connectivity index (χ4v) is 2.58. The lowest BCUT2D eigenvalue weighted by Crippen LogP contribution is -2.26. The number of carbonyl (C=O) groups excluding carboxylic acids is 2. The largest absolute Gasteiger partial charge is 0.469 e. The average Bonchev–Trinajstić information content (AvgIpc) is 2.59. The van der Waals surface area contributed by atoms with Gasteiger partial charge in [0, 0.05) is 43.7 Å². The van der Waals surface area contributed by atoms with Gasteiger partial charge in [-0.15, -0.1) is 23.2 Å². The summed E-state index contributed by atoms with van der Waals surface area (Å²) in [6, 6.07) is 0. The fourth-order valence-electron chi connectivity index (χ4n) is 2.17. The maximum atomic E-state index is 11.9. The van der Waals surface area contributed by atoms with Gasteiger partial charge in [-0.1, -0.05) is 18.6 Å². The molecule has 0 spiro atoms. The van der Waals surface area contributed by atoms with E-state index >= 15 is 0 Å². The molecule has 7 heteroatoms. The van der Waals surface area contributed by atoms with E-state index in [0.29, 0.717) is 18.2 Å². The number of aliphatic imine (C=N–C) groups is 1. The lowest BCUT2D eigenvalue weighted by atomic mass is 9.98. The number of allylic oxidation sites excluding steroid dienone is 4. The number of rotatable bonds is 11. The molecule has 0 aromatic carbocycles. The van der Waals surface area contributed by atoms with E-state index in [1.165, 1.54) is 20.2 Å². The highest BCUT2D eigenvalue weighted by molar-refractivity contribution is 6.18. The molecule has 0 N–H and O–H groups in total. The van der Waals surface area contributed by atoms with Gasteiger partial charge in [0.25, 0.3) is 0 Å². The number of ether oxygens (including phenoxy) is 1. The number of hydrogen-bond donors (Lipinski definition) is 0. The Morgan fingerprint density at radius 2 is 1.76 bits per heavy atom. The number of alkyl halides is 2. The maximum Gasteiger partial charge on any atom is 0.314 e. The van der Waals surface area contributed by atoms with Crippen molar-refractivity contribution in [1.82, 2.24) is 4.90 Å². The minimum absolute atomic E-state index is 0.343. The Bertz CT molecular complexity index is 510. The van der Waals surface area contributed by atoms with Gasteiger partial charge in [-0.2, -0.15) is 0 Å². The van der Waals surface area contributed by atoms with Crippen molar-refractivity contribution in [3.05, 3.63) is 23.4 Å². The molecule has 1 unspecified atom stereocenters. The van der Waals surface area contributed by atoms with Gasteiger partial charge in [-0.25, -0.2) is 4.99 Å². The van der Waals surface area contributed by atoms with E-state index in [2.05, 4.69) is 9.89 Å². The highest BCUT2D eigenvalue weighted by atomic mass is 35.5. The first-order chi connectivity index (χ1) is 11.9. The van der Waals surface area contributed by atoms with Crippen LogP contribution in [0.2, 0.25) is 0 Å². The van der Waals surface area contributed by atoms with Crippen molar-refractivity contribution in [1.29, 1.82) is 0 Å². The minimum atomic E-state index is -0.574. The van der Waals surface area contributed by atoms with Crippen LogP contribution in [0, 0.1) is 5.92 Å². The second-order valence-electron chi connectivity index (χ2n) is 5.48. The molecule has 142 valence electrons. The third-order valence-electron chi connectivity index (χ3n) is 3.64. The minimum Gasteiger partial charge on any atom is -0.469 e. The number of esters is 1. The number of halogens is 2. The van der Waals surface area contributed by atoms with Gasteiger partial charge in [0.2, 0.25) is 5.91 Å². The molecule has 1 atom stereocenters. The smallest absolute Gasteiger partial charge is 0.314 e. The van der Waals surface area contributed by atoms with Crippen molar-refractivity contribution in [2.75, 3.05) is 32.0 Å². The Morgan fingerprint density at radius 3 is 2.20 bits per heavy atom. The molecule has 0 aromatic rings. The summed E-state index contributed by atoms with van der Waals surface area (Å²) in [6.45, 7) is 6.80. The van der Waals surface area contributed by atoms with Crippen molar-refractivity contribution in [2.24, 2.45) is 10.9 Å². The maximum absolute atomic E-state index is 11.9. The van der Waals surface area contributed by atoms with Crippen molar-refractivity contribution >= 4 is 41.3 Å². The Labute approximate surface area is 160 Å². The Hall–Kier alpha value is -1.33. The lowest BCUT2D eigenvalue weighted by molar-refractivity contribution is -0.142. The standard InChI is InChI=1S/C18H28Cl2N2O3/c1-5-16(7-6-14(2)22(10-8-19)11-9-20)12-17(18(24)25-4)13-21-15(3)23/h6-7,13,17H,5,8-12H2,1-4H3. The predicted molar refractivity (Wildman–Crippen MR) is 104 cm³/mol. The second-order valence-corrected chi connectivity index (χ2v) is 6.24. The molecule has 0 aliphatic rings. The molecule has 25 heavy (non-hydrogen) atoms. The molecular formula is C18H28Cl2N2O3. The van der Waals surface area contributed by atoms with Crippen LogP contribution >= 0.6 is 23.2 Å². The van der Waals surface area contributed by atoms with E-state index in [4.69, 9.17) is 27.9 Å². The Kier molecular flexibility index (Phi) is 13.2. The van der Waals surface area contributed by atoms with E-state index in [9.17, 15) is 9.59 Å². The summed E-state index contributed by atoms with van der Waals surface area (Å²) < 4.78 is 4.80. The first-order valence-electron chi connectivity index (χ1n) is 8.25. The molecule has 0 aliphatic carbocycles. The monoisotopic (exact) mass is 390 g/mol. The topological polar surface area (TPSA) is 59.0 Å². The van der Waals surface area contributed by atoms with Crippen LogP contribution in [0.25, 0.3) is 0 Å². The van der Waals surface area contributed by atoms with Crippen LogP contribution in [0.5, 0.6) is 0 Å². The van der Waals surface area contributed by atoms with Gasteiger partial charge in [-0.05, 0) is 25.8 Å². The van der Waals surface area contributed by atoms with Crippen LogP contribution < -0.4 is 0 Å². The van der Waals surface area contributed by atoms with E-state index in [-0.39, 0.29) is 5.91 Å². The molecule has 5 nitrogen and oxygen atoms in total. The summed E-state index contributed by atoms with van der Waals surface area (Å²) in [6.07, 6.45) is 6.57. The molecule has 1 amide bonds. The Balaban J connectivity index is 5.24. The number of hydrogen-bond acceptors (Lipinski definition) is 4. The van der Waals surface area contributed by atoms with Gasteiger partial charge in [0.15, 0.2) is 0 Å². The number of nitrogens with zero attached hydrogens (tertiary/aromatic N) is 2. The summed E-state index contributed by atoms with van der Waals surface area (Å²) in [7, 11) is 1.33. The molecule has 0 heterocycles. The van der Waals surface area contributed by atoms with Crippen LogP contribution in [0.3, 0.4) is 0 Å². The van der Waals surface area contributed by atoms with E-state index < -0.39 is 11.9 Å². The summed E-state index contributed by atoms with van der Waals surface area (Å²) in [5.74, 6) is -0.271. The molecule has 0 fully saturated rings. The average molecular weight is 391 g/mol. The molecule has 0 saturated heterocycles. The van der Waals surface area contributed by atoms with Crippen LogP contribution in [0.15, 0.2) is 28.4 Å². The third-order valence-corrected chi connectivity index (χ3v) is 3.98. The second kappa shape index (κ2) is 13.9. The van der Waals surface area contributed by atoms with Crippen molar-refractivity contribution in [3.8, 4) is 0 Å². The number of methoxy groups -OCH3 is 1. The molecule has 0 radical (unpaired) electrons. The molecule has 0 aliphatic heterocycles. The lowest BCUT2D eigenvalue weighted by Gasteiger charge is -2.23. The summed E-state index contributed by atoms with van der Waals surface area (Å²) >= 11 is 11.7. The molecular weight excluding hydrogens is 363 g/mol. The number of carbonyl (C=O) groups is 2. The first-order valence-corrected chi connectivity index (χ1v) is 9.32. The van der Waals surface area contributed by atoms with E-state index in [0.717, 1.165) is 30.8 Å². The van der Waals surface area contributed by atoms with Gasteiger partial charge in [0.1, 0.15) is 0 Å². The van der Waals surface area contributed by atoms with Gasteiger partial charge in [0.05, 0.1) is 13.0 Å². The van der Waals surface area contributed by atoms with Gasteiger partial charge < -0.3 is 9.64 Å². The molecule has 0 aromatic heterocycles. The zero-order valence-electron chi connectivity index (χ0n) is 15.4. The Morgan fingerprint density at radius 1 is 1.16 bits per heavy atom. The van der Waals surface area contributed by atoms with E-state index in [1.54, 1.807) is 0 Å². The summed E-state index contributed by atoms with van der Waals surface area (Å²) in [4.78, 5) is 28.7. The molecule has 0 bridgehead atoms. The van der Waals surface area contributed by atoms with Crippen LogP contribution in [-0.4, -0.2) is 55.0 Å². The van der Waals surface area contributed by atoms with E-state index in [1.807, 2.05) is 26.0 Å². The van der Waals surface area contributed by atoms with Gasteiger partial charge in [-0.3, -0.25) is 9.59 Å². The zero-order valence-corrected chi connectivity index (χ0v) is 16.9. The van der Waals surface area contributed by atoms with Crippen molar-refractivity contribution < 1.29 is 14.3 Å².